The lowest BCUT2D eigenvalue weighted by molar-refractivity contribution is -0.899. The molecule has 1 amide bonds. The Balaban J connectivity index is 2.20. The molecule has 8 nitrogen and oxygen atoms in total. The molecule has 9 heteroatoms. The molecular weight excluding hydrogens is 358 g/mol. The molecular formula is C17H28N3O5S+. The summed E-state index contributed by atoms with van der Waals surface area (Å²) in [6, 6.07) is 4.52. The monoisotopic (exact) mass is 386 g/mol. The smallest absolute Gasteiger partial charge is 0.279 e. The zero-order valence-electron chi connectivity index (χ0n) is 15.6. The Morgan fingerprint density at radius 3 is 2.50 bits per heavy atom. The molecule has 1 heterocycles. The first-order valence-corrected chi connectivity index (χ1v) is 10.3. The van der Waals surface area contributed by atoms with Gasteiger partial charge in [0.25, 0.3) is 5.91 Å². The second-order valence-corrected chi connectivity index (χ2v) is 7.98. The summed E-state index contributed by atoms with van der Waals surface area (Å²) in [5.41, 5.74) is 0.360. The summed E-state index contributed by atoms with van der Waals surface area (Å²) >= 11 is 0. The van der Waals surface area contributed by atoms with Crippen molar-refractivity contribution in [2.75, 3.05) is 58.4 Å². The van der Waals surface area contributed by atoms with Crippen LogP contribution in [0, 0.1) is 0 Å². The number of carbonyl (C=O) groups is 1. The fraction of sp³-hybridized carbons (Fsp3) is 0.588. The maximum atomic E-state index is 12.7. The summed E-state index contributed by atoms with van der Waals surface area (Å²) in [6.07, 6.45) is 0. The highest BCUT2D eigenvalue weighted by Crippen LogP contribution is 2.28. The number of carbonyl (C=O) groups excluding carboxylic acids is 1. The van der Waals surface area contributed by atoms with E-state index in [1.54, 1.807) is 19.9 Å². The summed E-state index contributed by atoms with van der Waals surface area (Å²) in [7, 11) is -2.12. The summed E-state index contributed by atoms with van der Waals surface area (Å²) in [6.45, 7) is 7.49. The molecule has 1 aliphatic heterocycles. The van der Waals surface area contributed by atoms with Crippen LogP contribution in [0.1, 0.15) is 13.8 Å². The third-order valence-corrected chi connectivity index (χ3v) is 6.44. The zero-order valence-corrected chi connectivity index (χ0v) is 16.4. The van der Waals surface area contributed by atoms with Crippen molar-refractivity contribution in [2.45, 2.75) is 18.7 Å². The number of morpholine rings is 1. The Morgan fingerprint density at radius 2 is 1.92 bits per heavy atom. The van der Waals surface area contributed by atoms with Crippen LogP contribution >= 0.6 is 0 Å². The summed E-state index contributed by atoms with van der Waals surface area (Å²) in [5, 5.41) is 2.79. The van der Waals surface area contributed by atoms with Gasteiger partial charge in [0.15, 0.2) is 6.54 Å². The van der Waals surface area contributed by atoms with Crippen LogP contribution in [-0.4, -0.2) is 71.7 Å². The molecule has 0 atom stereocenters. The lowest BCUT2D eigenvalue weighted by Gasteiger charge is -2.23. The van der Waals surface area contributed by atoms with E-state index >= 15 is 0 Å². The molecule has 0 saturated carbocycles. The Morgan fingerprint density at radius 1 is 1.27 bits per heavy atom. The van der Waals surface area contributed by atoms with Crippen LogP contribution < -0.4 is 15.0 Å². The van der Waals surface area contributed by atoms with Gasteiger partial charge in [0.1, 0.15) is 18.8 Å². The van der Waals surface area contributed by atoms with Crippen molar-refractivity contribution in [1.29, 1.82) is 0 Å². The normalized spacial score (nSPS) is 15.8. The Hall–Kier alpha value is -1.68. The number of hydrogen-bond acceptors (Lipinski definition) is 5. The number of rotatable bonds is 8. The predicted octanol–water partition coefficient (Wildman–Crippen LogP) is -0.421. The number of nitrogens with one attached hydrogen (secondary N) is 2. The Bertz CT molecular complexity index is 713. The highest BCUT2D eigenvalue weighted by Gasteiger charge is 2.24. The Labute approximate surface area is 155 Å². The second-order valence-electron chi connectivity index (χ2n) is 6.04. The number of ether oxygens (including phenoxy) is 2. The number of sulfonamides is 1. The average molecular weight is 386 g/mol. The zero-order chi connectivity index (χ0) is 19.2. The fourth-order valence-electron chi connectivity index (χ4n) is 2.92. The molecule has 0 spiro atoms. The van der Waals surface area contributed by atoms with E-state index < -0.39 is 10.0 Å². The van der Waals surface area contributed by atoms with Gasteiger partial charge < -0.3 is 19.7 Å². The van der Waals surface area contributed by atoms with Crippen LogP contribution in [-0.2, 0) is 19.6 Å². The number of quaternary nitrogens is 1. The molecule has 1 fully saturated rings. The van der Waals surface area contributed by atoms with Crippen molar-refractivity contribution in [3.8, 4) is 5.75 Å². The molecule has 0 radical (unpaired) electrons. The minimum absolute atomic E-state index is 0.135. The summed E-state index contributed by atoms with van der Waals surface area (Å²) < 4.78 is 37.3. The maximum absolute atomic E-state index is 12.7. The molecule has 146 valence electrons. The standard InChI is InChI=1S/C17H27N3O5S/c1-4-20(5-2)26(22,23)14-6-7-16(24-3)15(12-14)18-17(21)13-19-8-10-25-11-9-19/h6-7,12H,4-5,8-11,13H2,1-3H3,(H,18,21)/p+1. The highest BCUT2D eigenvalue weighted by atomic mass is 32.2. The van der Waals surface area contributed by atoms with Gasteiger partial charge in [-0.1, -0.05) is 13.8 Å². The molecule has 0 bridgehead atoms. The topological polar surface area (TPSA) is 89.4 Å². The lowest BCUT2D eigenvalue weighted by atomic mass is 10.3. The average Bonchev–Trinajstić information content (AvgIpc) is 2.63. The van der Waals surface area contributed by atoms with Crippen molar-refractivity contribution in [3.63, 3.8) is 0 Å². The molecule has 2 rings (SSSR count). The minimum atomic E-state index is -3.61. The van der Waals surface area contributed by atoms with E-state index in [9.17, 15) is 13.2 Å². The largest absolute Gasteiger partial charge is 0.495 e. The van der Waals surface area contributed by atoms with Crippen LogP contribution in [0.3, 0.4) is 0 Å². The number of nitrogens with zero attached hydrogens (tertiary/aromatic N) is 1. The van der Waals surface area contributed by atoms with Gasteiger partial charge in [-0.15, -0.1) is 0 Å². The van der Waals surface area contributed by atoms with E-state index in [0.29, 0.717) is 44.3 Å². The fourth-order valence-corrected chi connectivity index (χ4v) is 4.40. The van der Waals surface area contributed by atoms with Crippen LogP contribution in [0.4, 0.5) is 5.69 Å². The number of benzene rings is 1. The third kappa shape index (κ3) is 4.94. The maximum Gasteiger partial charge on any atom is 0.279 e. The molecule has 0 aromatic heterocycles. The van der Waals surface area contributed by atoms with Crippen LogP contribution in [0.15, 0.2) is 23.1 Å². The van der Waals surface area contributed by atoms with E-state index in [0.717, 1.165) is 18.0 Å². The van der Waals surface area contributed by atoms with E-state index in [2.05, 4.69) is 5.32 Å². The van der Waals surface area contributed by atoms with Gasteiger partial charge in [0, 0.05) is 13.1 Å². The van der Waals surface area contributed by atoms with Gasteiger partial charge in [-0.25, -0.2) is 8.42 Å². The van der Waals surface area contributed by atoms with Gasteiger partial charge in [-0.3, -0.25) is 4.79 Å². The van der Waals surface area contributed by atoms with E-state index in [1.165, 1.54) is 23.5 Å². The van der Waals surface area contributed by atoms with Gasteiger partial charge in [-0.05, 0) is 18.2 Å². The van der Waals surface area contributed by atoms with Gasteiger partial charge in [-0.2, -0.15) is 4.31 Å². The lowest BCUT2D eigenvalue weighted by Crippen LogP contribution is -3.15. The van der Waals surface area contributed by atoms with Crippen molar-refractivity contribution < 1.29 is 27.6 Å². The molecule has 1 aromatic carbocycles. The molecule has 26 heavy (non-hydrogen) atoms. The summed E-state index contributed by atoms with van der Waals surface area (Å²) in [4.78, 5) is 13.6. The molecule has 0 aliphatic carbocycles. The molecule has 1 aromatic rings. The van der Waals surface area contributed by atoms with E-state index in [-0.39, 0.29) is 10.8 Å². The van der Waals surface area contributed by atoms with Crippen molar-refractivity contribution >= 4 is 21.6 Å². The molecule has 1 saturated heterocycles. The Kier molecular flexibility index (Phi) is 7.39. The predicted molar refractivity (Wildman–Crippen MR) is 98.1 cm³/mol. The third-order valence-electron chi connectivity index (χ3n) is 4.40. The van der Waals surface area contributed by atoms with E-state index in [1.807, 2.05) is 0 Å². The van der Waals surface area contributed by atoms with Gasteiger partial charge in [0.2, 0.25) is 10.0 Å². The number of amides is 1. The van der Waals surface area contributed by atoms with Gasteiger partial charge >= 0.3 is 0 Å². The quantitative estimate of drug-likeness (QED) is 0.633. The van der Waals surface area contributed by atoms with Crippen molar-refractivity contribution in [1.82, 2.24) is 4.31 Å². The molecule has 2 N–H and O–H groups in total. The van der Waals surface area contributed by atoms with Crippen molar-refractivity contribution in [3.05, 3.63) is 18.2 Å². The molecule has 0 unspecified atom stereocenters. The summed E-state index contributed by atoms with van der Waals surface area (Å²) in [5.74, 6) is 0.242. The SMILES string of the molecule is CCN(CC)S(=O)(=O)c1ccc(OC)c(NC(=O)C[NH+]2CCOCC2)c1. The van der Waals surface area contributed by atoms with Crippen LogP contribution in [0.2, 0.25) is 0 Å². The van der Waals surface area contributed by atoms with Gasteiger partial charge in [0.05, 0.1) is 30.9 Å². The number of anilines is 1. The number of hydrogen-bond donors (Lipinski definition) is 2. The molecule has 1 aliphatic rings. The van der Waals surface area contributed by atoms with E-state index in [4.69, 9.17) is 9.47 Å². The van der Waals surface area contributed by atoms with Crippen LogP contribution in [0.25, 0.3) is 0 Å². The first-order valence-electron chi connectivity index (χ1n) is 8.81. The van der Waals surface area contributed by atoms with Crippen molar-refractivity contribution in [2.24, 2.45) is 0 Å². The number of methoxy groups -OCH3 is 1. The minimum Gasteiger partial charge on any atom is -0.495 e. The first kappa shape index (κ1) is 20.6. The van der Waals surface area contributed by atoms with Crippen LogP contribution in [0.5, 0.6) is 5.75 Å². The first-order chi connectivity index (χ1) is 12.4. The highest BCUT2D eigenvalue weighted by molar-refractivity contribution is 7.89. The second kappa shape index (κ2) is 9.31.